The zero-order chi connectivity index (χ0) is 37.2. The molecule has 0 radical (unpaired) electrons. The van der Waals surface area contributed by atoms with Gasteiger partial charge >= 0.3 is 0 Å². The average molecular weight is 752 g/mol. The molecule has 1 amide bonds. The van der Waals surface area contributed by atoms with Crippen molar-refractivity contribution in [3.05, 3.63) is 106 Å². The van der Waals surface area contributed by atoms with E-state index in [9.17, 15) is 31.7 Å². The maximum absolute atomic E-state index is 14.2. The number of aromatic nitrogens is 1. The number of aromatic amines is 1. The molecule has 6 rings (SSSR count). The molecule has 1 atom stereocenters. The highest BCUT2D eigenvalue weighted by molar-refractivity contribution is 7.89. The van der Waals surface area contributed by atoms with Crippen molar-refractivity contribution < 1.29 is 40.6 Å². The Kier molecular flexibility index (Phi) is 10.6. The molecule has 15 nitrogen and oxygen atoms in total. The van der Waals surface area contributed by atoms with Gasteiger partial charge in [-0.15, -0.1) is 0 Å². The molecule has 4 aromatic carbocycles. The summed E-state index contributed by atoms with van der Waals surface area (Å²) in [7, 11) is -4.37. The molecule has 5 aromatic rings. The predicted molar refractivity (Wildman–Crippen MR) is 195 cm³/mol. The van der Waals surface area contributed by atoms with E-state index in [0.717, 1.165) is 6.07 Å². The summed E-state index contributed by atoms with van der Waals surface area (Å²) in [5, 5.41) is 22.5. The SMILES string of the molecule is CN(C)CCOc1ccc2[nH]c(C(=O)N3CC(COS(=O)(=O)Cc4ccccc4)c4c3cc([N+](=O)[O-])c3cc(S(=O)(=O)NCCO)ccc43)cc2c1. The number of nitrogens with zero attached hydrogens (tertiary/aromatic N) is 3. The first-order valence-electron chi connectivity index (χ1n) is 16.2. The number of aliphatic hydroxyl groups excluding tert-OH is 1. The van der Waals surface area contributed by atoms with Gasteiger partial charge in [0, 0.05) is 42.5 Å². The van der Waals surface area contributed by atoms with Crippen LogP contribution >= 0.6 is 0 Å². The summed E-state index contributed by atoms with van der Waals surface area (Å²) in [6, 6.07) is 20.5. The quantitative estimate of drug-likeness (QED) is 0.0800. The van der Waals surface area contributed by atoms with Gasteiger partial charge in [-0.3, -0.25) is 19.1 Å². The Labute approximate surface area is 300 Å². The lowest BCUT2D eigenvalue weighted by molar-refractivity contribution is -0.383. The lowest BCUT2D eigenvalue weighted by atomic mass is 9.94. The number of sulfonamides is 1. The van der Waals surface area contributed by atoms with Crippen molar-refractivity contribution in [3.63, 3.8) is 0 Å². The van der Waals surface area contributed by atoms with Crippen LogP contribution in [0.15, 0.2) is 83.8 Å². The van der Waals surface area contributed by atoms with Crippen molar-refractivity contribution in [3.8, 4) is 5.75 Å². The minimum absolute atomic E-state index is 0.0329. The Hall–Kier alpha value is -4.91. The van der Waals surface area contributed by atoms with Crippen molar-refractivity contribution >= 4 is 59.1 Å². The van der Waals surface area contributed by atoms with Crippen molar-refractivity contribution in [2.75, 3.05) is 58.5 Å². The molecule has 0 bridgehead atoms. The number of carbonyl (C=O) groups excluding carboxylic acids is 1. The molecule has 1 aromatic heterocycles. The number of hydrogen-bond acceptors (Lipinski definition) is 11. The van der Waals surface area contributed by atoms with E-state index in [1.54, 1.807) is 54.6 Å². The standard InChI is InChI=1S/C35H37N5O10S2/c1-38(2)13-15-49-26-8-11-30-24(16-26)17-31(37-30)35(42)39-20-25(21-50-51(45,46)22-23-6-4-3-5-7-23)34-28-10-9-27(52(47,48)36-12-14-41)18-29(28)32(40(43)44)19-33(34)39/h3-11,16-19,25,36-37,41H,12-15,20-22H2,1-2H3. The molecular formula is C35H37N5O10S2. The van der Waals surface area contributed by atoms with Gasteiger partial charge in [0.2, 0.25) is 10.0 Å². The number of ether oxygens (including phenoxy) is 1. The van der Waals surface area contributed by atoms with Gasteiger partial charge < -0.3 is 24.6 Å². The average Bonchev–Trinajstić information content (AvgIpc) is 3.70. The number of non-ortho nitro benzene ring substituents is 1. The smallest absolute Gasteiger partial charge is 0.279 e. The van der Waals surface area contributed by atoms with Gasteiger partial charge in [0.05, 0.1) is 34.1 Å². The van der Waals surface area contributed by atoms with E-state index in [-0.39, 0.29) is 40.1 Å². The third-order valence-corrected chi connectivity index (χ3v) is 11.3. The van der Waals surface area contributed by atoms with Crippen LogP contribution in [0.25, 0.3) is 21.7 Å². The molecule has 1 aliphatic heterocycles. The van der Waals surface area contributed by atoms with Crippen LogP contribution in [0, 0.1) is 10.1 Å². The molecule has 0 fully saturated rings. The van der Waals surface area contributed by atoms with Crippen LogP contribution in [0.1, 0.15) is 27.5 Å². The summed E-state index contributed by atoms with van der Waals surface area (Å²) in [6.07, 6.45) is 0. The third kappa shape index (κ3) is 7.94. The van der Waals surface area contributed by atoms with Crippen LogP contribution in [-0.2, 0) is 30.1 Å². The van der Waals surface area contributed by atoms with E-state index in [2.05, 4.69) is 9.71 Å². The first kappa shape index (κ1) is 36.9. The number of amides is 1. The number of fused-ring (bicyclic) bond motifs is 4. The van der Waals surface area contributed by atoms with Gasteiger partial charge in [-0.25, -0.2) is 13.1 Å². The minimum Gasteiger partial charge on any atom is -0.492 e. The fourth-order valence-corrected chi connectivity index (χ4v) is 8.28. The van der Waals surface area contributed by atoms with Crippen molar-refractivity contribution in [1.29, 1.82) is 0 Å². The zero-order valence-electron chi connectivity index (χ0n) is 28.3. The third-order valence-electron chi connectivity index (χ3n) is 8.63. The first-order valence-corrected chi connectivity index (χ1v) is 19.3. The predicted octanol–water partition coefficient (Wildman–Crippen LogP) is 3.73. The summed E-state index contributed by atoms with van der Waals surface area (Å²) >= 11 is 0. The lowest BCUT2D eigenvalue weighted by Gasteiger charge is -2.17. The number of rotatable bonds is 15. The van der Waals surface area contributed by atoms with Gasteiger partial charge in [-0.1, -0.05) is 36.4 Å². The van der Waals surface area contributed by atoms with Crippen LogP contribution in [0.2, 0.25) is 0 Å². The highest BCUT2D eigenvalue weighted by Gasteiger charge is 2.38. The second kappa shape index (κ2) is 15.0. The Balaban J connectivity index is 1.40. The fourth-order valence-electron chi connectivity index (χ4n) is 6.18. The van der Waals surface area contributed by atoms with Crippen LogP contribution in [0.4, 0.5) is 11.4 Å². The van der Waals surface area contributed by atoms with Gasteiger partial charge in [-0.2, -0.15) is 8.42 Å². The number of hydrogen-bond donors (Lipinski definition) is 3. The summed E-state index contributed by atoms with van der Waals surface area (Å²) in [5.41, 5.74) is 1.45. The van der Waals surface area contributed by atoms with E-state index in [0.29, 0.717) is 40.9 Å². The Bertz CT molecular complexity index is 2360. The Morgan fingerprint density at radius 2 is 1.81 bits per heavy atom. The van der Waals surface area contributed by atoms with Gasteiger partial charge in [-0.05, 0) is 67.0 Å². The summed E-state index contributed by atoms with van der Waals surface area (Å²) in [4.78, 5) is 32.2. The van der Waals surface area contributed by atoms with Gasteiger partial charge in [0.25, 0.3) is 21.7 Å². The highest BCUT2D eigenvalue weighted by Crippen LogP contribution is 2.46. The number of likely N-dealkylation sites (N-methyl/N-ethyl adjacent to an activating group) is 1. The normalized spacial score (nSPS) is 14.7. The van der Waals surface area contributed by atoms with Crippen molar-refractivity contribution in [2.45, 2.75) is 16.6 Å². The highest BCUT2D eigenvalue weighted by atomic mass is 32.2. The largest absolute Gasteiger partial charge is 0.492 e. The number of H-pyrrole nitrogens is 1. The van der Waals surface area contributed by atoms with E-state index in [4.69, 9.17) is 14.0 Å². The number of benzene rings is 4. The number of nitrogens with one attached hydrogen (secondary N) is 2. The number of carbonyl (C=O) groups is 1. The molecule has 0 aliphatic carbocycles. The number of nitro benzene ring substituents is 1. The van der Waals surface area contributed by atoms with Crippen LogP contribution < -0.4 is 14.4 Å². The molecule has 2 heterocycles. The Morgan fingerprint density at radius 3 is 2.52 bits per heavy atom. The van der Waals surface area contributed by atoms with E-state index in [1.165, 1.54) is 23.1 Å². The van der Waals surface area contributed by atoms with Gasteiger partial charge in [0.1, 0.15) is 23.8 Å². The molecule has 52 heavy (non-hydrogen) atoms. The summed E-state index contributed by atoms with van der Waals surface area (Å²) in [6.45, 7) is -0.0290. The number of nitro groups is 1. The molecular weight excluding hydrogens is 715 g/mol. The van der Waals surface area contributed by atoms with Crippen LogP contribution in [-0.4, -0.2) is 96.2 Å². The van der Waals surface area contributed by atoms with E-state index in [1.807, 2.05) is 19.0 Å². The molecule has 1 unspecified atom stereocenters. The van der Waals surface area contributed by atoms with Crippen molar-refractivity contribution in [1.82, 2.24) is 14.6 Å². The summed E-state index contributed by atoms with van der Waals surface area (Å²) in [5.74, 6) is -1.08. The van der Waals surface area contributed by atoms with Gasteiger partial charge in [0.15, 0.2) is 0 Å². The molecule has 1 aliphatic rings. The molecule has 17 heteroatoms. The minimum atomic E-state index is -4.15. The molecule has 0 saturated carbocycles. The van der Waals surface area contributed by atoms with E-state index < -0.39 is 61.5 Å². The monoisotopic (exact) mass is 751 g/mol. The molecule has 0 saturated heterocycles. The summed E-state index contributed by atoms with van der Waals surface area (Å²) < 4.78 is 65.5. The second-order valence-corrected chi connectivity index (χ2v) is 16.0. The zero-order valence-corrected chi connectivity index (χ0v) is 29.9. The maximum Gasteiger partial charge on any atom is 0.279 e. The number of aliphatic hydroxyl groups is 1. The lowest BCUT2D eigenvalue weighted by Crippen LogP contribution is -2.31. The molecule has 274 valence electrons. The Morgan fingerprint density at radius 1 is 1.04 bits per heavy atom. The van der Waals surface area contributed by atoms with Crippen LogP contribution in [0.3, 0.4) is 0 Å². The first-order chi connectivity index (χ1) is 24.8. The second-order valence-electron chi connectivity index (χ2n) is 12.6. The fraction of sp³-hybridized carbons (Fsp3) is 0.286. The van der Waals surface area contributed by atoms with Crippen LogP contribution in [0.5, 0.6) is 5.75 Å². The van der Waals surface area contributed by atoms with E-state index >= 15 is 0 Å². The van der Waals surface area contributed by atoms with Crippen molar-refractivity contribution in [2.24, 2.45) is 0 Å². The maximum atomic E-state index is 14.2. The molecule has 0 spiro atoms. The topological polar surface area (TPSA) is 201 Å². The molecule has 3 N–H and O–H groups in total. The number of anilines is 1.